The number of benzene rings is 1. The Morgan fingerprint density at radius 2 is 2.17 bits per heavy atom. The summed E-state index contributed by atoms with van der Waals surface area (Å²) in [5.74, 6) is 0.0667. The maximum absolute atomic E-state index is 13.7. The quantitative estimate of drug-likeness (QED) is 0.563. The molecule has 5 nitrogen and oxygen atoms in total. The molecule has 2 aromatic heterocycles. The summed E-state index contributed by atoms with van der Waals surface area (Å²) in [7, 11) is 0. The van der Waals surface area contributed by atoms with Crippen molar-refractivity contribution >= 4 is 50.1 Å². The van der Waals surface area contributed by atoms with Crippen molar-refractivity contribution in [1.82, 2.24) is 15.0 Å². The number of pyridine rings is 1. The maximum atomic E-state index is 13.7. The van der Waals surface area contributed by atoms with Gasteiger partial charge in [-0.3, -0.25) is 0 Å². The van der Waals surface area contributed by atoms with Crippen LogP contribution in [0.4, 0.5) is 15.9 Å². The second kappa shape index (κ2) is 6.23. The summed E-state index contributed by atoms with van der Waals surface area (Å²) in [6.45, 7) is 1.55. The van der Waals surface area contributed by atoms with Crippen molar-refractivity contribution in [2.24, 2.45) is 0 Å². The lowest BCUT2D eigenvalue weighted by Crippen LogP contribution is -2.22. The predicted molar refractivity (Wildman–Crippen MR) is 93.1 cm³/mol. The number of anilines is 2. The highest BCUT2D eigenvalue weighted by Gasteiger charge is 2.23. The Hall–Kier alpha value is -1.83. The van der Waals surface area contributed by atoms with E-state index in [2.05, 4.69) is 30.9 Å². The summed E-state index contributed by atoms with van der Waals surface area (Å²) in [5, 5.41) is 0.575. The van der Waals surface area contributed by atoms with E-state index in [9.17, 15) is 4.39 Å². The molecule has 8 heteroatoms. The van der Waals surface area contributed by atoms with Crippen LogP contribution in [-0.2, 0) is 11.3 Å². The lowest BCUT2D eigenvalue weighted by Gasteiger charge is -2.24. The molecule has 24 heavy (non-hydrogen) atoms. The molecule has 1 aromatic carbocycles. The fraction of sp³-hybridized carbons (Fsp3) is 0.188. The van der Waals surface area contributed by atoms with E-state index in [1.165, 1.54) is 6.07 Å². The summed E-state index contributed by atoms with van der Waals surface area (Å²) in [6.07, 6.45) is 1.12. The first-order chi connectivity index (χ1) is 11.6. The van der Waals surface area contributed by atoms with E-state index in [1.807, 2.05) is 23.1 Å². The van der Waals surface area contributed by atoms with Crippen molar-refractivity contribution in [1.29, 1.82) is 0 Å². The van der Waals surface area contributed by atoms with Crippen LogP contribution in [0.25, 0.3) is 11.0 Å². The van der Waals surface area contributed by atoms with E-state index < -0.39 is 5.82 Å². The normalized spacial score (nSPS) is 14.5. The molecule has 0 N–H and O–H groups in total. The Kier molecular flexibility index (Phi) is 4.07. The van der Waals surface area contributed by atoms with Crippen molar-refractivity contribution < 1.29 is 9.13 Å². The molecule has 1 aliphatic heterocycles. The summed E-state index contributed by atoms with van der Waals surface area (Å²) in [6, 6.07) is 7.24. The van der Waals surface area contributed by atoms with E-state index >= 15 is 0 Å². The zero-order valence-corrected chi connectivity index (χ0v) is 14.7. The highest BCUT2D eigenvalue weighted by Crippen LogP contribution is 2.37. The summed E-state index contributed by atoms with van der Waals surface area (Å²) in [4.78, 5) is 14.4. The first-order valence-corrected chi connectivity index (χ1v) is 8.42. The van der Waals surface area contributed by atoms with Gasteiger partial charge in [0.2, 0.25) is 5.28 Å². The SMILES string of the molecule is Fc1cnc2nc(Cl)nc(N3CCOCc4c(Br)cccc43)c2c1. The lowest BCUT2D eigenvalue weighted by atomic mass is 10.1. The van der Waals surface area contributed by atoms with Crippen molar-refractivity contribution in [3.05, 3.63) is 51.6 Å². The number of aromatic nitrogens is 3. The first kappa shape index (κ1) is 15.7. The van der Waals surface area contributed by atoms with Gasteiger partial charge in [-0.2, -0.15) is 9.97 Å². The zero-order valence-electron chi connectivity index (χ0n) is 12.3. The molecule has 0 radical (unpaired) electrons. The van der Waals surface area contributed by atoms with Crippen molar-refractivity contribution in [2.75, 3.05) is 18.1 Å². The smallest absolute Gasteiger partial charge is 0.226 e. The number of halogens is 3. The number of rotatable bonds is 1. The fourth-order valence-corrected chi connectivity index (χ4v) is 3.40. The molecule has 3 aromatic rings. The highest BCUT2D eigenvalue weighted by molar-refractivity contribution is 9.10. The Morgan fingerprint density at radius 3 is 3.04 bits per heavy atom. The van der Waals surface area contributed by atoms with E-state index in [4.69, 9.17) is 16.3 Å². The second-order valence-electron chi connectivity index (χ2n) is 5.28. The van der Waals surface area contributed by atoms with Gasteiger partial charge in [0.15, 0.2) is 5.65 Å². The molecule has 0 unspecified atom stereocenters. The van der Waals surface area contributed by atoms with Crippen LogP contribution >= 0.6 is 27.5 Å². The van der Waals surface area contributed by atoms with Gasteiger partial charge in [0.25, 0.3) is 0 Å². The largest absolute Gasteiger partial charge is 0.375 e. The minimum Gasteiger partial charge on any atom is -0.375 e. The zero-order chi connectivity index (χ0) is 16.7. The van der Waals surface area contributed by atoms with Gasteiger partial charge >= 0.3 is 0 Å². The number of ether oxygens (including phenoxy) is 1. The van der Waals surface area contributed by atoms with Gasteiger partial charge in [-0.25, -0.2) is 9.37 Å². The molecular weight excluding hydrogens is 399 g/mol. The summed E-state index contributed by atoms with van der Waals surface area (Å²) in [5.41, 5.74) is 2.29. The molecule has 4 rings (SSSR count). The van der Waals surface area contributed by atoms with Crippen LogP contribution in [0.1, 0.15) is 5.56 Å². The van der Waals surface area contributed by atoms with Crippen LogP contribution < -0.4 is 4.90 Å². The molecule has 0 amide bonds. The lowest BCUT2D eigenvalue weighted by molar-refractivity contribution is 0.133. The topological polar surface area (TPSA) is 51.1 Å². The van der Waals surface area contributed by atoms with Crippen LogP contribution in [0.5, 0.6) is 0 Å². The molecule has 3 heterocycles. The molecule has 1 aliphatic rings. The fourth-order valence-electron chi connectivity index (χ4n) is 2.77. The van der Waals surface area contributed by atoms with E-state index in [-0.39, 0.29) is 5.28 Å². The number of hydrogen-bond donors (Lipinski definition) is 0. The third-order valence-electron chi connectivity index (χ3n) is 3.82. The number of nitrogens with zero attached hydrogens (tertiary/aromatic N) is 4. The number of hydrogen-bond acceptors (Lipinski definition) is 5. The van der Waals surface area contributed by atoms with Crippen molar-refractivity contribution in [3.8, 4) is 0 Å². The molecule has 0 spiro atoms. The van der Waals surface area contributed by atoms with Crippen LogP contribution in [0, 0.1) is 5.82 Å². The molecule has 122 valence electrons. The van der Waals surface area contributed by atoms with Crippen LogP contribution in [-0.4, -0.2) is 28.1 Å². The Balaban J connectivity index is 1.98. The standard InChI is InChI=1S/C16H11BrClFN4O/c17-12-2-1-3-13-11(12)8-24-5-4-23(13)15-10-6-9(19)7-20-14(10)21-16(18)22-15/h1-3,6-7H,4-5,8H2. The van der Waals surface area contributed by atoms with E-state index in [1.54, 1.807) is 0 Å². The predicted octanol–water partition coefficient (Wildman–Crippen LogP) is 4.25. The third kappa shape index (κ3) is 2.72. The van der Waals surface area contributed by atoms with Gasteiger partial charge in [0, 0.05) is 22.3 Å². The minimum atomic E-state index is -0.449. The van der Waals surface area contributed by atoms with Gasteiger partial charge < -0.3 is 9.64 Å². The Morgan fingerprint density at radius 1 is 1.29 bits per heavy atom. The monoisotopic (exact) mass is 408 g/mol. The van der Waals surface area contributed by atoms with Gasteiger partial charge in [0.1, 0.15) is 11.6 Å². The van der Waals surface area contributed by atoms with E-state index in [0.29, 0.717) is 36.6 Å². The third-order valence-corrected chi connectivity index (χ3v) is 4.73. The van der Waals surface area contributed by atoms with E-state index in [0.717, 1.165) is 21.9 Å². The summed E-state index contributed by atoms with van der Waals surface area (Å²) < 4.78 is 20.3. The molecule has 0 aliphatic carbocycles. The van der Waals surface area contributed by atoms with Gasteiger partial charge in [0.05, 0.1) is 24.8 Å². The molecular formula is C16H11BrClFN4O. The van der Waals surface area contributed by atoms with Gasteiger partial charge in [-0.05, 0) is 29.8 Å². The first-order valence-electron chi connectivity index (χ1n) is 7.25. The van der Waals surface area contributed by atoms with Gasteiger partial charge in [-0.15, -0.1) is 0 Å². The van der Waals surface area contributed by atoms with Crippen molar-refractivity contribution in [3.63, 3.8) is 0 Å². The molecule has 0 saturated carbocycles. The van der Waals surface area contributed by atoms with Crippen LogP contribution in [0.3, 0.4) is 0 Å². The molecule has 0 atom stereocenters. The van der Waals surface area contributed by atoms with Crippen LogP contribution in [0.15, 0.2) is 34.9 Å². The molecule has 0 fully saturated rings. The second-order valence-corrected chi connectivity index (χ2v) is 6.48. The molecule has 0 bridgehead atoms. The minimum absolute atomic E-state index is 0.0679. The number of fused-ring (bicyclic) bond motifs is 2. The maximum Gasteiger partial charge on any atom is 0.226 e. The molecule has 0 saturated heterocycles. The Bertz CT molecular complexity index is 939. The van der Waals surface area contributed by atoms with Crippen LogP contribution in [0.2, 0.25) is 5.28 Å². The average Bonchev–Trinajstić information content (AvgIpc) is 2.78. The summed E-state index contributed by atoms with van der Waals surface area (Å²) >= 11 is 9.61. The van der Waals surface area contributed by atoms with Gasteiger partial charge in [-0.1, -0.05) is 22.0 Å². The highest BCUT2D eigenvalue weighted by atomic mass is 79.9. The average molecular weight is 410 g/mol. The van der Waals surface area contributed by atoms with Crippen molar-refractivity contribution in [2.45, 2.75) is 6.61 Å². The Labute approximate surface area is 150 Å².